The maximum atomic E-state index is 12.4. The van der Waals surface area contributed by atoms with Crippen LogP contribution < -0.4 is 0 Å². The summed E-state index contributed by atoms with van der Waals surface area (Å²) in [6, 6.07) is 9.24. The number of Topliss-reactive ketones (excluding diaryl/α,β-unsaturated/α-hetero) is 1. The highest BCUT2D eigenvalue weighted by atomic mass is 16.5. The first-order valence-electron chi connectivity index (χ1n) is 6.39. The first-order chi connectivity index (χ1) is 8.72. The van der Waals surface area contributed by atoms with Crippen molar-refractivity contribution in [3.8, 4) is 0 Å². The topological polar surface area (TPSA) is 43.4 Å². The fourth-order valence-corrected chi connectivity index (χ4v) is 3.31. The van der Waals surface area contributed by atoms with E-state index < -0.39 is 0 Å². The number of rotatable bonds is 3. The highest BCUT2D eigenvalue weighted by molar-refractivity contribution is 6.00. The van der Waals surface area contributed by atoms with Gasteiger partial charge in [-0.2, -0.15) is 0 Å². The van der Waals surface area contributed by atoms with E-state index in [0.717, 1.165) is 12.8 Å². The van der Waals surface area contributed by atoms with E-state index in [4.69, 9.17) is 4.74 Å². The molecule has 0 N–H and O–H groups in total. The molecule has 1 aromatic rings. The van der Waals surface area contributed by atoms with Crippen LogP contribution in [0.3, 0.4) is 0 Å². The molecule has 0 radical (unpaired) electrons. The summed E-state index contributed by atoms with van der Waals surface area (Å²) in [5.74, 6) is 0.436. The zero-order valence-electron chi connectivity index (χ0n) is 10.3. The monoisotopic (exact) mass is 244 g/mol. The van der Waals surface area contributed by atoms with Crippen LogP contribution in [0.25, 0.3) is 0 Å². The molecule has 2 aliphatic rings. The van der Waals surface area contributed by atoms with Crippen molar-refractivity contribution in [2.24, 2.45) is 23.7 Å². The largest absolute Gasteiger partial charge is 0.469 e. The Hall–Kier alpha value is -1.64. The Bertz CT molecular complexity index is 480. The highest BCUT2D eigenvalue weighted by Gasteiger charge is 2.58. The summed E-state index contributed by atoms with van der Waals surface area (Å²) in [6.07, 6.45) is 1.93. The third-order valence-corrected chi connectivity index (χ3v) is 4.30. The quantitative estimate of drug-likeness (QED) is 0.605. The first kappa shape index (κ1) is 11.5. The van der Waals surface area contributed by atoms with Crippen LogP contribution in [0, 0.1) is 23.7 Å². The molecule has 18 heavy (non-hydrogen) atoms. The zero-order chi connectivity index (χ0) is 12.7. The molecule has 0 heterocycles. The number of benzene rings is 1. The molecule has 2 saturated carbocycles. The number of ether oxygens (including phenoxy) is 1. The molecule has 0 bridgehead atoms. The van der Waals surface area contributed by atoms with Crippen molar-refractivity contribution >= 4 is 11.8 Å². The summed E-state index contributed by atoms with van der Waals surface area (Å²) in [4.78, 5) is 24.3. The number of fused-ring (bicyclic) bond motifs is 1. The van der Waals surface area contributed by atoms with Gasteiger partial charge in [-0.3, -0.25) is 9.59 Å². The van der Waals surface area contributed by atoms with Crippen LogP contribution in [0.2, 0.25) is 0 Å². The molecule has 0 aliphatic heterocycles. The van der Waals surface area contributed by atoms with Gasteiger partial charge >= 0.3 is 5.97 Å². The number of carbonyl (C=O) groups is 2. The van der Waals surface area contributed by atoms with E-state index in [9.17, 15) is 9.59 Å². The second-order valence-corrected chi connectivity index (χ2v) is 5.28. The van der Waals surface area contributed by atoms with Crippen LogP contribution in [0.1, 0.15) is 23.2 Å². The van der Waals surface area contributed by atoms with Crippen molar-refractivity contribution < 1.29 is 14.3 Å². The van der Waals surface area contributed by atoms with Gasteiger partial charge in [0.15, 0.2) is 5.78 Å². The van der Waals surface area contributed by atoms with Crippen LogP contribution in [0.4, 0.5) is 0 Å². The van der Waals surface area contributed by atoms with Crippen molar-refractivity contribution in [2.45, 2.75) is 12.8 Å². The van der Waals surface area contributed by atoms with Gasteiger partial charge < -0.3 is 4.74 Å². The van der Waals surface area contributed by atoms with Gasteiger partial charge in [-0.1, -0.05) is 30.3 Å². The van der Waals surface area contributed by atoms with E-state index in [0.29, 0.717) is 17.4 Å². The lowest BCUT2D eigenvalue weighted by Crippen LogP contribution is -2.29. The number of carbonyl (C=O) groups excluding carboxylic acids is 2. The summed E-state index contributed by atoms with van der Waals surface area (Å²) in [6.45, 7) is 0. The molecule has 2 fully saturated rings. The minimum Gasteiger partial charge on any atom is -0.469 e. The maximum absolute atomic E-state index is 12.4. The molecule has 1 aromatic carbocycles. The van der Waals surface area contributed by atoms with Gasteiger partial charge in [0.1, 0.15) is 0 Å². The number of ketones is 1. The standard InChI is InChI=1S/C15H16O3/c1-18-15(17)13-11-7-10(11)8-12(13)14(16)9-5-3-2-4-6-9/h2-6,10-13H,7-8H2,1H3/t10-,11-,12?,13+/m1/s1. The lowest BCUT2D eigenvalue weighted by Gasteiger charge is -2.19. The summed E-state index contributed by atoms with van der Waals surface area (Å²) < 4.78 is 4.86. The van der Waals surface area contributed by atoms with Crippen molar-refractivity contribution in [2.75, 3.05) is 7.11 Å². The van der Waals surface area contributed by atoms with Crippen molar-refractivity contribution in [1.29, 1.82) is 0 Å². The number of esters is 1. The molecule has 3 nitrogen and oxygen atoms in total. The lowest BCUT2D eigenvalue weighted by molar-refractivity contribution is -0.147. The fraction of sp³-hybridized carbons (Fsp3) is 0.467. The van der Waals surface area contributed by atoms with Gasteiger partial charge in [-0.25, -0.2) is 0 Å². The van der Waals surface area contributed by atoms with Gasteiger partial charge in [0.25, 0.3) is 0 Å². The Balaban J connectivity index is 1.84. The number of hydrogen-bond donors (Lipinski definition) is 0. The van der Waals surface area contributed by atoms with Crippen molar-refractivity contribution in [3.63, 3.8) is 0 Å². The Morgan fingerprint density at radius 2 is 1.89 bits per heavy atom. The van der Waals surface area contributed by atoms with Crippen molar-refractivity contribution in [3.05, 3.63) is 35.9 Å². The zero-order valence-corrected chi connectivity index (χ0v) is 10.3. The average molecular weight is 244 g/mol. The first-order valence-corrected chi connectivity index (χ1v) is 6.39. The summed E-state index contributed by atoms with van der Waals surface area (Å²) in [5, 5.41) is 0. The Morgan fingerprint density at radius 1 is 1.17 bits per heavy atom. The van der Waals surface area contributed by atoms with Crippen LogP contribution >= 0.6 is 0 Å². The fourth-order valence-electron chi connectivity index (χ4n) is 3.31. The smallest absolute Gasteiger partial charge is 0.309 e. The van der Waals surface area contributed by atoms with Gasteiger partial charge in [0, 0.05) is 11.5 Å². The molecule has 0 saturated heterocycles. The molecule has 0 amide bonds. The van der Waals surface area contributed by atoms with Gasteiger partial charge in [0.2, 0.25) is 0 Å². The number of hydrogen-bond acceptors (Lipinski definition) is 3. The highest BCUT2D eigenvalue weighted by Crippen LogP contribution is 2.58. The maximum Gasteiger partial charge on any atom is 0.309 e. The van der Waals surface area contributed by atoms with E-state index in [1.54, 1.807) is 0 Å². The lowest BCUT2D eigenvalue weighted by atomic mass is 9.85. The molecule has 4 atom stereocenters. The second kappa shape index (κ2) is 4.23. The van der Waals surface area contributed by atoms with Crippen LogP contribution in [-0.4, -0.2) is 18.9 Å². The van der Waals surface area contributed by atoms with Crippen LogP contribution in [-0.2, 0) is 9.53 Å². The minimum atomic E-state index is -0.215. The Morgan fingerprint density at radius 3 is 2.56 bits per heavy atom. The van der Waals surface area contributed by atoms with Crippen LogP contribution in [0.15, 0.2) is 30.3 Å². The minimum absolute atomic E-state index is 0.0956. The molecular weight excluding hydrogens is 228 g/mol. The third-order valence-electron chi connectivity index (χ3n) is 4.30. The van der Waals surface area contributed by atoms with Gasteiger partial charge in [0.05, 0.1) is 13.0 Å². The molecular formula is C15H16O3. The normalized spacial score (nSPS) is 32.7. The van der Waals surface area contributed by atoms with E-state index >= 15 is 0 Å². The second-order valence-electron chi connectivity index (χ2n) is 5.28. The number of methoxy groups -OCH3 is 1. The summed E-state index contributed by atoms with van der Waals surface area (Å²) in [7, 11) is 1.40. The third kappa shape index (κ3) is 1.74. The predicted molar refractivity (Wildman–Crippen MR) is 66.0 cm³/mol. The molecule has 1 unspecified atom stereocenters. The molecule has 0 aromatic heterocycles. The molecule has 94 valence electrons. The average Bonchev–Trinajstić information content (AvgIpc) is 3.09. The summed E-state index contributed by atoms with van der Waals surface area (Å²) >= 11 is 0. The van der Waals surface area contributed by atoms with Gasteiger partial charge in [-0.05, 0) is 24.7 Å². The van der Waals surface area contributed by atoms with E-state index in [1.807, 2.05) is 30.3 Å². The summed E-state index contributed by atoms with van der Waals surface area (Å²) in [5.41, 5.74) is 0.706. The van der Waals surface area contributed by atoms with Gasteiger partial charge in [-0.15, -0.1) is 0 Å². The van der Waals surface area contributed by atoms with E-state index in [1.165, 1.54) is 7.11 Å². The predicted octanol–water partition coefficient (Wildman–Crippen LogP) is 2.31. The Kier molecular flexibility index (Phi) is 2.69. The molecule has 2 aliphatic carbocycles. The SMILES string of the molecule is COC(=O)[C@@H]1C(C(=O)c2ccccc2)C[C@H]2C[C@H]21. The molecule has 3 heteroatoms. The van der Waals surface area contributed by atoms with E-state index in [-0.39, 0.29) is 23.6 Å². The molecule has 3 rings (SSSR count). The van der Waals surface area contributed by atoms with E-state index in [2.05, 4.69) is 0 Å². The molecule has 0 spiro atoms. The Labute approximate surface area is 106 Å². The van der Waals surface area contributed by atoms with Crippen LogP contribution in [0.5, 0.6) is 0 Å². The van der Waals surface area contributed by atoms with Crippen molar-refractivity contribution in [1.82, 2.24) is 0 Å².